The summed E-state index contributed by atoms with van der Waals surface area (Å²) in [5.74, 6) is -0.424. The summed E-state index contributed by atoms with van der Waals surface area (Å²) in [7, 11) is 0. The van der Waals surface area contributed by atoms with E-state index in [0.29, 0.717) is 5.92 Å². The van der Waals surface area contributed by atoms with Gasteiger partial charge in [-0.1, -0.05) is 13.3 Å². The Kier molecular flexibility index (Phi) is 4.48. The summed E-state index contributed by atoms with van der Waals surface area (Å²) in [6, 6.07) is 0. The first-order valence-corrected chi connectivity index (χ1v) is 3.41. The molecule has 0 aliphatic heterocycles. The molecule has 2 atom stereocenters. The summed E-state index contributed by atoms with van der Waals surface area (Å²) in [6.45, 7) is 2.09. The molecule has 0 bridgehead atoms. The minimum absolute atomic E-state index is 0. The van der Waals surface area contributed by atoms with Crippen LogP contribution in [0.4, 0.5) is 0 Å². The topological polar surface area (TPSA) is 40.1 Å². The molecule has 0 aromatic heterocycles. The minimum atomic E-state index is -0.862. The molecule has 0 radical (unpaired) electrons. The maximum atomic E-state index is 10.2. The summed E-state index contributed by atoms with van der Waals surface area (Å²) in [4.78, 5) is 10.2. The van der Waals surface area contributed by atoms with E-state index in [2.05, 4.69) is 6.92 Å². The first kappa shape index (κ1) is 10.4. The second-order valence-electron chi connectivity index (χ2n) is 2.93. The van der Waals surface area contributed by atoms with Crippen LogP contribution in [-0.4, -0.2) is 33.3 Å². The average Bonchev–Trinajstić information content (AvgIpc) is 2.14. The van der Waals surface area contributed by atoms with E-state index in [1.807, 2.05) is 0 Å². The van der Waals surface area contributed by atoms with Gasteiger partial charge in [0.15, 0.2) is 0 Å². The molecule has 10 heavy (non-hydrogen) atoms. The summed E-state index contributed by atoms with van der Waals surface area (Å²) >= 11 is 0. The van der Waals surface area contributed by atoms with Crippen molar-refractivity contribution in [2.24, 2.45) is 11.8 Å². The van der Waals surface area contributed by atoms with Gasteiger partial charge in [-0.15, -0.1) is 0 Å². The molecule has 3 heteroatoms. The van der Waals surface area contributed by atoms with Gasteiger partial charge in [0.2, 0.25) is 0 Å². The molecule has 2 nitrogen and oxygen atoms in total. The normalized spacial score (nSPS) is 31.3. The van der Waals surface area contributed by atoms with Crippen LogP contribution >= 0.6 is 0 Å². The van der Waals surface area contributed by atoms with Crippen LogP contribution in [0.1, 0.15) is 26.2 Å². The summed E-state index contributed by atoms with van der Waals surface area (Å²) in [5.41, 5.74) is 0. The van der Waals surface area contributed by atoms with Crippen molar-refractivity contribution < 1.29 is 9.90 Å². The van der Waals surface area contributed by atoms with Gasteiger partial charge in [0.1, 0.15) is 0 Å². The van der Waals surface area contributed by atoms with Crippen molar-refractivity contribution >= 4 is 33.3 Å². The maximum Gasteiger partial charge on any atom is 1.00 e. The SMILES string of the molecule is CC1CCC(C(=O)[O-])C1.[Tl+]. The molecule has 54 valence electrons. The van der Waals surface area contributed by atoms with E-state index < -0.39 is 5.97 Å². The molecule has 1 saturated carbocycles. The van der Waals surface area contributed by atoms with Crippen molar-refractivity contribution in [2.45, 2.75) is 26.2 Å². The number of carboxylic acids is 1. The van der Waals surface area contributed by atoms with Gasteiger partial charge in [-0.05, 0) is 24.7 Å². The fraction of sp³-hybridized carbons (Fsp3) is 0.857. The fourth-order valence-corrected chi connectivity index (χ4v) is 1.42. The minimum Gasteiger partial charge on any atom is -0.550 e. The monoisotopic (exact) mass is 332 g/mol. The number of aliphatic carboxylic acids is 1. The molecule has 2 unspecified atom stereocenters. The molecule has 1 fully saturated rings. The second-order valence-corrected chi connectivity index (χ2v) is 2.93. The summed E-state index contributed by atoms with van der Waals surface area (Å²) in [6.07, 6.45) is 2.70. The van der Waals surface area contributed by atoms with Crippen molar-refractivity contribution in [1.29, 1.82) is 0 Å². The zero-order chi connectivity index (χ0) is 6.85. The van der Waals surface area contributed by atoms with Gasteiger partial charge < -0.3 is 9.90 Å². The van der Waals surface area contributed by atoms with Crippen LogP contribution < -0.4 is 5.11 Å². The van der Waals surface area contributed by atoms with Crippen molar-refractivity contribution in [3.63, 3.8) is 0 Å². The predicted octanol–water partition coefficient (Wildman–Crippen LogP) is -0.208. The molecule has 1 rings (SSSR count). The van der Waals surface area contributed by atoms with Crippen molar-refractivity contribution in [3.05, 3.63) is 0 Å². The molecule has 1 aliphatic rings. The van der Waals surface area contributed by atoms with Crippen LogP contribution in [-0.2, 0) is 4.79 Å². The van der Waals surface area contributed by atoms with E-state index in [1.165, 1.54) is 0 Å². The van der Waals surface area contributed by atoms with Gasteiger partial charge >= 0.3 is 27.3 Å². The molecule has 0 aromatic rings. The Morgan fingerprint density at radius 2 is 2.10 bits per heavy atom. The first-order valence-electron chi connectivity index (χ1n) is 3.41. The number of carboxylic acid groups (broad SMARTS) is 1. The Labute approximate surface area is 81.2 Å². The van der Waals surface area contributed by atoms with E-state index in [4.69, 9.17) is 0 Å². The van der Waals surface area contributed by atoms with Crippen LogP contribution in [0, 0.1) is 11.8 Å². The smallest absolute Gasteiger partial charge is 0.550 e. The third-order valence-corrected chi connectivity index (χ3v) is 2.03. The van der Waals surface area contributed by atoms with Gasteiger partial charge in [0.05, 0.1) is 0 Å². The standard InChI is InChI=1S/C7H12O2.Tl/c1-5-2-3-6(4-5)7(8)9;/h5-6H,2-4H2,1H3,(H,8,9);/q;+1/p-1. The zero-order valence-corrected chi connectivity index (χ0v) is 10.7. The third-order valence-electron chi connectivity index (χ3n) is 2.03. The molecule has 0 saturated heterocycles. The van der Waals surface area contributed by atoms with Crippen LogP contribution in [0.2, 0.25) is 0 Å². The summed E-state index contributed by atoms with van der Waals surface area (Å²) in [5, 5.41) is 10.2. The number of rotatable bonds is 1. The molecular formula is C7H11O2Tl. The Hall–Kier alpha value is 0.392. The van der Waals surface area contributed by atoms with Gasteiger partial charge in [-0.2, -0.15) is 0 Å². The molecule has 1 aliphatic carbocycles. The number of carbonyl (C=O) groups is 1. The fourth-order valence-electron chi connectivity index (χ4n) is 1.42. The van der Waals surface area contributed by atoms with E-state index in [9.17, 15) is 9.90 Å². The quantitative estimate of drug-likeness (QED) is 0.624. The van der Waals surface area contributed by atoms with Crippen molar-refractivity contribution in [2.75, 3.05) is 0 Å². The van der Waals surface area contributed by atoms with Gasteiger partial charge in [0, 0.05) is 5.97 Å². The third kappa shape index (κ3) is 2.56. The Morgan fingerprint density at radius 1 is 1.50 bits per heavy atom. The van der Waals surface area contributed by atoms with Gasteiger partial charge in [0.25, 0.3) is 0 Å². The average molecular weight is 332 g/mol. The Balaban J connectivity index is 0.000000810. The molecule has 0 N–H and O–H groups in total. The van der Waals surface area contributed by atoms with Crippen LogP contribution in [0.25, 0.3) is 0 Å². The Morgan fingerprint density at radius 3 is 2.30 bits per heavy atom. The van der Waals surface area contributed by atoms with Crippen molar-refractivity contribution in [3.8, 4) is 0 Å². The molecule has 0 heterocycles. The molecule has 0 amide bonds. The van der Waals surface area contributed by atoms with Gasteiger partial charge in [-0.3, -0.25) is 0 Å². The molecule has 0 spiro atoms. The van der Waals surface area contributed by atoms with E-state index in [0.717, 1.165) is 19.3 Å². The van der Waals surface area contributed by atoms with E-state index >= 15 is 0 Å². The number of hydrogen-bond acceptors (Lipinski definition) is 2. The van der Waals surface area contributed by atoms with Crippen LogP contribution in [0.15, 0.2) is 0 Å². The number of hydrogen-bond donors (Lipinski definition) is 0. The second kappa shape index (κ2) is 4.31. The predicted molar refractivity (Wildman–Crippen MR) is 37.3 cm³/mol. The first-order chi connectivity index (χ1) is 4.20. The number of carbonyl (C=O) groups excluding carboxylic acids is 1. The van der Waals surface area contributed by atoms with Crippen molar-refractivity contribution in [1.82, 2.24) is 0 Å². The summed E-state index contributed by atoms with van der Waals surface area (Å²) < 4.78 is 0. The molecule has 0 aromatic carbocycles. The van der Waals surface area contributed by atoms with E-state index in [-0.39, 0.29) is 33.2 Å². The van der Waals surface area contributed by atoms with E-state index in [1.54, 1.807) is 0 Å². The van der Waals surface area contributed by atoms with Crippen LogP contribution in [0.3, 0.4) is 0 Å². The van der Waals surface area contributed by atoms with Crippen LogP contribution in [0.5, 0.6) is 0 Å². The Bertz CT molecular complexity index is 125. The zero-order valence-electron chi connectivity index (χ0n) is 6.17. The molecular weight excluding hydrogens is 320 g/mol. The maximum absolute atomic E-state index is 10.2. The largest absolute Gasteiger partial charge is 1.00 e. The van der Waals surface area contributed by atoms with Gasteiger partial charge in [-0.25, -0.2) is 0 Å².